The minimum atomic E-state index is -0.116. The van der Waals surface area contributed by atoms with E-state index >= 15 is 0 Å². The van der Waals surface area contributed by atoms with Gasteiger partial charge >= 0.3 is 0 Å². The average Bonchev–Trinajstić information content (AvgIpc) is 2.76. The predicted octanol–water partition coefficient (Wildman–Crippen LogP) is 1.59. The number of hydrogen-bond acceptors (Lipinski definition) is 3. The predicted molar refractivity (Wildman–Crippen MR) is 74.6 cm³/mol. The first kappa shape index (κ1) is 12.6. The zero-order valence-electron chi connectivity index (χ0n) is 10.8. The van der Waals surface area contributed by atoms with E-state index in [1.54, 1.807) is 0 Å². The largest absolute Gasteiger partial charge is 0.376 e. The van der Waals surface area contributed by atoms with Gasteiger partial charge in [-0.25, -0.2) is 0 Å². The molecular formula is C14H19N3O. The van der Waals surface area contributed by atoms with Crippen LogP contribution < -0.4 is 16.0 Å². The Balaban J connectivity index is 2.10. The Bertz CT molecular complexity index is 468. The highest BCUT2D eigenvalue weighted by Gasteiger charge is 2.23. The van der Waals surface area contributed by atoms with E-state index < -0.39 is 0 Å². The number of carbonyl (C=O) groups excluding carboxylic acids is 1. The van der Waals surface area contributed by atoms with E-state index in [2.05, 4.69) is 5.32 Å². The van der Waals surface area contributed by atoms with Crippen LogP contribution in [0, 0.1) is 5.92 Å². The molecule has 4 heteroatoms. The minimum Gasteiger partial charge on any atom is -0.376 e. The fraction of sp³-hybridized carbons (Fsp3) is 0.357. The van der Waals surface area contributed by atoms with E-state index in [1.165, 1.54) is 0 Å². The molecule has 2 atom stereocenters. The van der Waals surface area contributed by atoms with E-state index in [4.69, 9.17) is 5.73 Å². The number of nitrogens with zero attached hydrogens (tertiary/aromatic N) is 1. The van der Waals surface area contributed by atoms with Gasteiger partial charge < -0.3 is 16.0 Å². The van der Waals surface area contributed by atoms with Crippen LogP contribution in [0.5, 0.6) is 0 Å². The molecule has 1 amide bonds. The number of hydrogen-bond donors (Lipinski definition) is 2. The second-order valence-corrected chi connectivity index (χ2v) is 4.79. The highest BCUT2D eigenvalue weighted by Crippen LogP contribution is 2.25. The number of nitrogens with one attached hydrogen (secondary N) is 1. The van der Waals surface area contributed by atoms with Crippen LogP contribution in [0.25, 0.3) is 0 Å². The first-order valence-electron chi connectivity index (χ1n) is 6.09. The van der Waals surface area contributed by atoms with Gasteiger partial charge in [0.1, 0.15) is 0 Å². The molecule has 2 unspecified atom stereocenters. The van der Waals surface area contributed by atoms with E-state index in [0.717, 1.165) is 11.4 Å². The lowest BCUT2D eigenvalue weighted by atomic mass is 10.1. The SMILES string of the molecule is CN(C)c1ccccc1NC(=O)C1C=CC(N)C1. The summed E-state index contributed by atoms with van der Waals surface area (Å²) in [5.41, 5.74) is 7.59. The number of amides is 1. The maximum Gasteiger partial charge on any atom is 0.231 e. The van der Waals surface area contributed by atoms with Crippen LogP contribution in [0.4, 0.5) is 11.4 Å². The maximum absolute atomic E-state index is 12.1. The van der Waals surface area contributed by atoms with Gasteiger partial charge in [0, 0.05) is 20.1 Å². The summed E-state index contributed by atoms with van der Waals surface area (Å²) in [5, 5.41) is 2.97. The molecule has 0 saturated heterocycles. The molecule has 1 aromatic rings. The monoisotopic (exact) mass is 245 g/mol. The van der Waals surface area contributed by atoms with Crippen LogP contribution >= 0.6 is 0 Å². The Morgan fingerprint density at radius 1 is 1.33 bits per heavy atom. The Labute approximate surface area is 107 Å². The number of benzene rings is 1. The van der Waals surface area contributed by atoms with Crippen LogP contribution in [-0.4, -0.2) is 26.0 Å². The Hall–Kier alpha value is -1.81. The summed E-state index contributed by atoms with van der Waals surface area (Å²) in [5.74, 6) is -0.108. The number of carbonyl (C=O) groups is 1. The normalized spacial score (nSPS) is 21.9. The fourth-order valence-corrected chi connectivity index (χ4v) is 2.12. The van der Waals surface area contributed by atoms with Crippen molar-refractivity contribution in [2.75, 3.05) is 24.3 Å². The summed E-state index contributed by atoms with van der Waals surface area (Å²) in [6, 6.07) is 7.76. The van der Waals surface area contributed by atoms with Gasteiger partial charge in [0.15, 0.2) is 0 Å². The molecular weight excluding hydrogens is 226 g/mol. The van der Waals surface area contributed by atoms with Crippen LogP contribution in [0.3, 0.4) is 0 Å². The van der Waals surface area contributed by atoms with Crippen molar-refractivity contribution < 1.29 is 4.79 Å². The maximum atomic E-state index is 12.1. The minimum absolute atomic E-state index is 0.00448. The number of anilines is 2. The third-order valence-corrected chi connectivity index (χ3v) is 3.10. The van der Waals surface area contributed by atoms with E-state index in [1.807, 2.05) is 55.4 Å². The summed E-state index contributed by atoms with van der Waals surface area (Å²) < 4.78 is 0. The van der Waals surface area contributed by atoms with Crippen molar-refractivity contribution in [1.82, 2.24) is 0 Å². The number of nitrogens with two attached hydrogens (primary N) is 1. The van der Waals surface area contributed by atoms with Crippen molar-refractivity contribution in [1.29, 1.82) is 0 Å². The van der Waals surface area contributed by atoms with E-state index in [9.17, 15) is 4.79 Å². The molecule has 0 fully saturated rings. The van der Waals surface area contributed by atoms with Crippen LogP contribution in [0.2, 0.25) is 0 Å². The van der Waals surface area contributed by atoms with Crippen molar-refractivity contribution in [3.63, 3.8) is 0 Å². The number of para-hydroxylation sites is 2. The highest BCUT2D eigenvalue weighted by molar-refractivity contribution is 5.97. The van der Waals surface area contributed by atoms with E-state index in [-0.39, 0.29) is 17.9 Å². The molecule has 0 spiro atoms. The van der Waals surface area contributed by atoms with Crippen molar-refractivity contribution in [2.24, 2.45) is 11.7 Å². The summed E-state index contributed by atoms with van der Waals surface area (Å²) >= 11 is 0. The zero-order chi connectivity index (χ0) is 13.1. The van der Waals surface area contributed by atoms with Crippen LogP contribution in [-0.2, 0) is 4.79 Å². The molecule has 4 nitrogen and oxygen atoms in total. The molecule has 96 valence electrons. The lowest BCUT2D eigenvalue weighted by molar-refractivity contribution is -0.118. The molecule has 1 aliphatic carbocycles. The molecule has 0 aliphatic heterocycles. The first-order chi connectivity index (χ1) is 8.58. The molecule has 1 aromatic carbocycles. The van der Waals surface area contributed by atoms with Gasteiger partial charge in [-0.1, -0.05) is 24.3 Å². The molecule has 3 N–H and O–H groups in total. The summed E-state index contributed by atoms with van der Waals surface area (Å²) in [6.45, 7) is 0. The molecule has 0 aromatic heterocycles. The zero-order valence-corrected chi connectivity index (χ0v) is 10.8. The average molecular weight is 245 g/mol. The van der Waals surface area contributed by atoms with Gasteiger partial charge in [-0.2, -0.15) is 0 Å². The standard InChI is InChI=1S/C14H19N3O/c1-17(2)13-6-4-3-5-12(13)16-14(18)10-7-8-11(15)9-10/h3-8,10-11H,9,15H2,1-2H3,(H,16,18). The third-order valence-electron chi connectivity index (χ3n) is 3.10. The van der Waals surface area contributed by atoms with Gasteiger partial charge in [-0.3, -0.25) is 4.79 Å². The Morgan fingerprint density at radius 3 is 2.67 bits per heavy atom. The van der Waals surface area contributed by atoms with Crippen LogP contribution in [0.1, 0.15) is 6.42 Å². The highest BCUT2D eigenvalue weighted by atomic mass is 16.1. The fourth-order valence-electron chi connectivity index (χ4n) is 2.12. The lowest BCUT2D eigenvalue weighted by Crippen LogP contribution is -2.25. The Morgan fingerprint density at radius 2 is 2.06 bits per heavy atom. The topological polar surface area (TPSA) is 58.4 Å². The van der Waals surface area contributed by atoms with Gasteiger partial charge in [0.25, 0.3) is 0 Å². The van der Waals surface area contributed by atoms with Gasteiger partial charge in [0.05, 0.1) is 17.3 Å². The molecule has 0 heterocycles. The smallest absolute Gasteiger partial charge is 0.231 e. The second-order valence-electron chi connectivity index (χ2n) is 4.79. The first-order valence-corrected chi connectivity index (χ1v) is 6.09. The second kappa shape index (κ2) is 5.23. The Kier molecular flexibility index (Phi) is 3.67. The summed E-state index contributed by atoms with van der Waals surface area (Å²) in [4.78, 5) is 14.1. The van der Waals surface area contributed by atoms with Gasteiger partial charge in [-0.05, 0) is 18.6 Å². The van der Waals surface area contributed by atoms with Crippen molar-refractivity contribution in [3.8, 4) is 0 Å². The van der Waals surface area contributed by atoms with Crippen LogP contribution in [0.15, 0.2) is 36.4 Å². The molecule has 0 radical (unpaired) electrons. The number of rotatable bonds is 3. The molecule has 18 heavy (non-hydrogen) atoms. The van der Waals surface area contributed by atoms with Crippen molar-refractivity contribution >= 4 is 17.3 Å². The lowest BCUT2D eigenvalue weighted by Gasteiger charge is -2.19. The molecule has 0 bridgehead atoms. The molecule has 1 aliphatic rings. The van der Waals surface area contributed by atoms with Gasteiger partial charge in [-0.15, -0.1) is 0 Å². The molecule has 2 rings (SSSR count). The third kappa shape index (κ3) is 2.71. The van der Waals surface area contributed by atoms with Gasteiger partial charge in [0.2, 0.25) is 5.91 Å². The molecule has 0 saturated carbocycles. The quantitative estimate of drug-likeness (QED) is 0.795. The van der Waals surface area contributed by atoms with Crippen molar-refractivity contribution in [3.05, 3.63) is 36.4 Å². The summed E-state index contributed by atoms with van der Waals surface area (Å²) in [7, 11) is 3.91. The van der Waals surface area contributed by atoms with E-state index in [0.29, 0.717) is 6.42 Å². The van der Waals surface area contributed by atoms with Crippen molar-refractivity contribution in [2.45, 2.75) is 12.5 Å². The summed E-state index contributed by atoms with van der Waals surface area (Å²) in [6.07, 6.45) is 4.47.